The van der Waals surface area contributed by atoms with Crippen LogP contribution in [0.15, 0.2) is 74.7 Å². The molecule has 142 valence electrons. The second-order valence-corrected chi connectivity index (χ2v) is 6.86. The minimum Gasteiger partial charge on any atom is -0.493 e. The van der Waals surface area contributed by atoms with Crippen LogP contribution in [-0.2, 0) is 6.54 Å². The van der Waals surface area contributed by atoms with Gasteiger partial charge in [0.1, 0.15) is 5.75 Å². The number of fused-ring (bicyclic) bond motifs is 2. The van der Waals surface area contributed by atoms with Crippen LogP contribution in [0.4, 0.5) is 0 Å². The highest BCUT2D eigenvalue weighted by Crippen LogP contribution is 2.25. The lowest BCUT2D eigenvalue weighted by Gasteiger charge is -2.11. The van der Waals surface area contributed by atoms with Gasteiger partial charge in [-0.15, -0.1) is 0 Å². The second-order valence-electron chi connectivity index (χ2n) is 6.86. The lowest BCUT2D eigenvalue weighted by Crippen LogP contribution is -2.25. The maximum Gasteiger partial charge on any atom is 0.422 e. The fourth-order valence-electron chi connectivity index (χ4n) is 3.42. The Labute approximate surface area is 161 Å². The molecule has 0 aliphatic heterocycles. The van der Waals surface area contributed by atoms with Crippen molar-refractivity contribution in [2.75, 3.05) is 6.61 Å². The van der Waals surface area contributed by atoms with Crippen LogP contribution in [0.5, 0.6) is 5.75 Å². The van der Waals surface area contributed by atoms with Crippen molar-refractivity contribution in [1.82, 2.24) is 4.57 Å². The van der Waals surface area contributed by atoms with E-state index in [0.717, 1.165) is 34.9 Å². The van der Waals surface area contributed by atoms with Gasteiger partial charge in [0.2, 0.25) is 0 Å². The minimum absolute atomic E-state index is 0.437. The zero-order valence-electron chi connectivity index (χ0n) is 15.7. The molecule has 1 heterocycles. The number of hydrogen-bond acceptors (Lipinski definition) is 4. The lowest BCUT2D eigenvalue weighted by atomic mass is 10.1. The first kappa shape index (κ1) is 18.0. The first-order chi connectivity index (χ1) is 13.6. The number of benzene rings is 3. The summed E-state index contributed by atoms with van der Waals surface area (Å²) in [7, 11) is 0. The topological polar surface area (TPSA) is 61.4 Å². The second kappa shape index (κ2) is 7.72. The van der Waals surface area contributed by atoms with Gasteiger partial charge in [0, 0.05) is 11.9 Å². The first-order valence-electron chi connectivity index (χ1n) is 9.38. The summed E-state index contributed by atoms with van der Waals surface area (Å²) in [6.45, 7) is 2.93. The lowest BCUT2D eigenvalue weighted by molar-refractivity contribution is 0.304. The Hall–Kier alpha value is -3.34. The molecule has 4 aromatic rings. The predicted molar refractivity (Wildman–Crippen MR) is 110 cm³/mol. The highest BCUT2D eigenvalue weighted by molar-refractivity contribution is 5.88. The largest absolute Gasteiger partial charge is 0.493 e. The molecule has 0 saturated carbocycles. The Morgan fingerprint density at radius 3 is 2.64 bits per heavy atom. The molecule has 0 saturated heterocycles. The molecule has 0 aliphatic rings. The Balaban J connectivity index is 1.43. The van der Waals surface area contributed by atoms with E-state index in [1.807, 2.05) is 43.3 Å². The van der Waals surface area contributed by atoms with E-state index in [4.69, 9.17) is 9.15 Å². The standard InChI is InChI=1S/C23H21NO4/c1-16-11-12-20-19(15-16)22(25)28-23(26)24(20)13-4-5-14-27-21-10-6-8-17-7-2-3-9-18(17)21/h2-3,6-12,15H,4-5,13-14H2,1H3. The zero-order valence-corrected chi connectivity index (χ0v) is 15.7. The smallest absolute Gasteiger partial charge is 0.422 e. The molecule has 1 aromatic heterocycles. The highest BCUT2D eigenvalue weighted by Gasteiger charge is 2.09. The number of hydrogen-bond donors (Lipinski definition) is 0. The van der Waals surface area contributed by atoms with Gasteiger partial charge in [0.25, 0.3) is 0 Å². The molecule has 0 fully saturated rings. The van der Waals surface area contributed by atoms with Crippen molar-refractivity contribution in [3.63, 3.8) is 0 Å². The van der Waals surface area contributed by atoms with Crippen LogP contribution in [-0.4, -0.2) is 11.2 Å². The van der Waals surface area contributed by atoms with Crippen LogP contribution < -0.4 is 16.1 Å². The predicted octanol–water partition coefficient (Wildman–Crippen LogP) is 4.28. The molecule has 28 heavy (non-hydrogen) atoms. The van der Waals surface area contributed by atoms with Gasteiger partial charge in [-0.3, -0.25) is 4.57 Å². The van der Waals surface area contributed by atoms with Gasteiger partial charge in [-0.2, -0.15) is 0 Å². The molecule has 0 spiro atoms. The number of ether oxygens (including phenoxy) is 1. The number of unbranched alkanes of at least 4 members (excludes halogenated alkanes) is 1. The van der Waals surface area contributed by atoms with Crippen LogP contribution >= 0.6 is 0 Å². The van der Waals surface area contributed by atoms with E-state index in [0.29, 0.717) is 24.1 Å². The molecular formula is C23H21NO4. The molecule has 5 nitrogen and oxygen atoms in total. The summed E-state index contributed by atoms with van der Waals surface area (Å²) in [4.78, 5) is 24.1. The quantitative estimate of drug-likeness (QED) is 0.472. The van der Waals surface area contributed by atoms with E-state index in [1.54, 1.807) is 12.1 Å². The summed E-state index contributed by atoms with van der Waals surface area (Å²) in [6.07, 6.45) is 1.52. The van der Waals surface area contributed by atoms with Crippen molar-refractivity contribution in [1.29, 1.82) is 0 Å². The third kappa shape index (κ3) is 3.56. The number of rotatable bonds is 6. The molecular weight excluding hydrogens is 354 g/mol. The van der Waals surface area contributed by atoms with Crippen molar-refractivity contribution in [3.8, 4) is 5.75 Å². The summed E-state index contributed by atoms with van der Waals surface area (Å²) in [6, 6.07) is 19.6. The molecule has 5 heteroatoms. The molecule has 0 atom stereocenters. The number of nitrogens with zero attached hydrogens (tertiary/aromatic N) is 1. The molecule has 0 unspecified atom stereocenters. The average Bonchev–Trinajstić information content (AvgIpc) is 2.70. The van der Waals surface area contributed by atoms with E-state index in [2.05, 4.69) is 12.1 Å². The van der Waals surface area contributed by atoms with Crippen LogP contribution in [0.3, 0.4) is 0 Å². The Morgan fingerprint density at radius 1 is 0.929 bits per heavy atom. The Kier molecular flexibility index (Phi) is 4.98. The van der Waals surface area contributed by atoms with Crippen LogP contribution in [0.2, 0.25) is 0 Å². The SMILES string of the molecule is Cc1ccc2c(c1)c(=O)oc(=O)n2CCCCOc1cccc2ccccc12. The van der Waals surface area contributed by atoms with Gasteiger partial charge in [-0.25, -0.2) is 9.59 Å². The molecule has 0 amide bonds. The summed E-state index contributed by atoms with van der Waals surface area (Å²) in [5, 5.41) is 2.67. The zero-order chi connectivity index (χ0) is 19.5. The Bertz CT molecular complexity index is 1250. The van der Waals surface area contributed by atoms with Crippen molar-refractivity contribution in [2.45, 2.75) is 26.3 Å². The monoisotopic (exact) mass is 375 g/mol. The molecule has 3 aromatic carbocycles. The van der Waals surface area contributed by atoms with Crippen LogP contribution in [0.25, 0.3) is 21.7 Å². The molecule has 0 N–H and O–H groups in total. The molecule has 4 rings (SSSR count). The van der Waals surface area contributed by atoms with Crippen molar-refractivity contribution < 1.29 is 9.15 Å². The first-order valence-corrected chi connectivity index (χ1v) is 9.38. The Morgan fingerprint density at radius 2 is 1.75 bits per heavy atom. The van der Waals surface area contributed by atoms with Gasteiger partial charge in [-0.05, 0) is 43.4 Å². The van der Waals surface area contributed by atoms with Gasteiger partial charge in [-0.1, -0.05) is 48.0 Å². The third-order valence-electron chi connectivity index (χ3n) is 4.85. The van der Waals surface area contributed by atoms with E-state index in [1.165, 1.54) is 4.57 Å². The minimum atomic E-state index is -0.615. The number of aryl methyl sites for hydroxylation is 2. The fraction of sp³-hybridized carbons (Fsp3) is 0.217. The van der Waals surface area contributed by atoms with Gasteiger partial charge in [0.15, 0.2) is 0 Å². The molecule has 0 aliphatic carbocycles. The maximum atomic E-state index is 12.1. The van der Waals surface area contributed by atoms with Gasteiger partial charge < -0.3 is 9.15 Å². The maximum absolute atomic E-state index is 12.1. The van der Waals surface area contributed by atoms with Crippen LogP contribution in [0, 0.1) is 6.92 Å². The van der Waals surface area contributed by atoms with E-state index >= 15 is 0 Å². The summed E-state index contributed by atoms with van der Waals surface area (Å²) < 4.78 is 12.3. The van der Waals surface area contributed by atoms with E-state index in [-0.39, 0.29) is 0 Å². The average molecular weight is 375 g/mol. The molecule has 0 radical (unpaired) electrons. The van der Waals surface area contributed by atoms with Gasteiger partial charge >= 0.3 is 11.4 Å². The van der Waals surface area contributed by atoms with E-state index in [9.17, 15) is 9.59 Å². The van der Waals surface area contributed by atoms with Crippen LogP contribution in [0.1, 0.15) is 18.4 Å². The highest BCUT2D eigenvalue weighted by atomic mass is 16.5. The van der Waals surface area contributed by atoms with Crippen molar-refractivity contribution >= 4 is 21.7 Å². The summed E-state index contributed by atoms with van der Waals surface area (Å²) in [5.41, 5.74) is 0.981. The van der Waals surface area contributed by atoms with E-state index < -0.39 is 11.4 Å². The normalized spacial score (nSPS) is 11.2. The van der Waals surface area contributed by atoms with Gasteiger partial charge in [0.05, 0.1) is 17.5 Å². The fourth-order valence-corrected chi connectivity index (χ4v) is 3.42. The molecule has 0 bridgehead atoms. The van der Waals surface area contributed by atoms with Crippen molar-refractivity contribution in [3.05, 3.63) is 87.2 Å². The third-order valence-corrected chi connectivity index (χ3v) is 4.85. The summed E-state index contributed by atoms with van der Waals surface area (Å²) in [5.74, 6) is 0.248. The number of aromatic nitrogens is 1. The summed E-state index contributed by atoms with van der Waals surface area (Å²) >= 11 is 0. The van der Waals surface area contributed by atoms with Crippen molar-refractivity contribution in [2.24, 2.45) is 0 Å².